The second-order valence-corrected chi connectivity index (χ2v) is 5.75. The number of urea groups is 1. The Bertz CT molecular complexity index is 707. The Morgan fingerprint density at radius 3 is 2.50 bits per heavy atom. The first-order valence-corrected chi connectivity index (χ1v) is 7.74. The highest BCUT2D eigenvalue weighted by Gasteiger charge is 2.38. The quantitative estimate of drug-likeness (QED) is 0.463. The first-order valence-electron chi connectivity index (χ1n) is 7.74. The molecule has 0 saturated carbocycles. The van der Waals surface area contributed by atoms with Crippen LogP contribution in [0.3, 0.4) is 0 Å². The van der Waals surface area contributed by atoms with Gasteiger partial charge in [0.1, 0.15) is 6.04 Å². The minimum absolute atomic E-state index is 0.201. The monoisotopic (exact) mass is 335 g/mol. The third kappa shape index (κ3) is 3.04. The van der Waals surface area contributed by atoms with Gasteiger partial charge in [-0.25, -0.2) is 9.59 Å². The molecule has 1 aromatic heterocycles. The van der Waals surface area contributed by atoms with Gasteiger partial charge in [-0.05, 0) is 25.8 Å². The molecule has 8 heteroatoms. The van der Waals surface area contributed by atoms with Gasteiger partial charge in [0, 0.05) is 5.69 Å². The van der Waals surface area contributed by atoms with Crippen molar-refractivity contribution in [1.82, 2.24) is 15.2 Å². The molecule has 1 unspecified atom stereocenters. The van der Waals surface area contributed by atoms with Gasteiger partial charge in [-0.1, -0.05) is 13.3 Å². The van der Waals surface area contributed by atoms with Crippen molar-refractivity contribution in [3.63, 3.8) is 0 Å². The number of nitrogens with one attached hydrogen (secondary N) is 2. The Hall–Kier alpha value is -2.64. The molecule has 1 fully saturated rings. The lowest BCUT2D eigenvalue weighted by Crippen LogP contribution is -2.36. The van der Waals surface area contributed by atoms with Gasteiger partial charge in [-0.2, -0.15) is 0 Å². The Balaban J connectivity index is 2.21. The summed E-state index contributed by atoms with van der Waals surface area (Å²) in [5.74, 6) is -1.38. The maximum Gasteiger partial charge on any atom is 0.339 e. The minimum atomic E-state index is -0.576. The molecule has 0 aromatic carbocycles. The normalized spacial score (nSPS) is 17.2. The van der Waals surface area contributed by atoms with Crippen LogP contribution in [0.1, 0.15) is 51.9 Å². The number of aromatic amines is 1. The summed E-state index contributed by atoms with van der Waals surface area (Å²) in [6.07, 6.45) is 1.28. The van der Waals surface area contributed by atoms with Gasteiger partial charge in [0.25, 0.3) is 5.91 Å². The lowest BCUT2D eigenvalue weighted by Gasteiger charge is -2.12. The molecule has 0 aliphatic carbocycles. The summed E-state index contributed by atoms with van der Waals surface area (Å²) < 4.78 is 4.70. The summed E-state index contributed by atoms with van der Waals surface area (Å²) in [5.41, 5.74) is 1.44. The van der Waals surface area contributed by atoms with Gasteiger partial charge >= 0.3 is 12.0 Å². The number of aromatic nitrogens is 1. The van der Waals surface area contributed by atoms with E-state index in [1.54, 1.807) is 13.8 Å². The summed E-state index contributed by atoms with van der Waals surface area (Å²) in [7, 11) is 1.26. The molecule has 130 valence electrons. The van der Waals surface area contributed by atoms with E-state index in [1.807, 2.05) is 6.92 Å². The number of hydrogen-bond donors (Lipinski definition) is 2. The molecule has 0 bridgehead atoms. The zero-order chi connectivity index (χ0) is 18.0. The van der Waals surface area contributed by atoms with Crippen LogP contribution in [-0.2, 0) is 9.53 Å². The van der Waals surface area contributed by atoms with Crippen molar-refractivity contribution < 1.29 is 23.9 Å². The van der Waals surface area contributed by atoms with E-state index in [0.717, 1.165) is 11.3 Å². The lowest BCUT2D eigenvalue weighted by molar-refractivity contribution is -0.127. The summed E-state index contributed by atoms with van der Waals surface area (Å²) in [5, 5.41) is 2.57. The molecule has 24 heavy (non-hydrogen) atoms. The molecule has 1 aliphatic heterocycles. The molecule has 2 rings (SSSR count). The third-order valence-electron chi connectivity index (χ3n) is 4.09. The molecule has 1 atom stereocenters. The number of imide groups is 1. The molecule has 1 aromatic rings. The van der Waals surface area contributed by atoms with Crippen LogP contribution in [0, 0.1) is 13.8 Å². The molecule has 2 N–H and O–H groups in total. The van der Waals surface area contributed by atoms with Crippen molar-refractivity contribution in [3.05, 3.63) is 22.5 Å². The van der Waals surface area contributed by atoms with Crippen molar-refractivity contribution >= 4 is 23.7 Å². The second kappa shape index (κ2) is 6.86. The minimum Gasteiger partial charge on any atom is -0.465 e. The maximum absolute atomic E-state index is 12.5. The number of hydrogen-bond acceptors (Lipinski definition) is 5. The molecule has 3 amide bonds. The number of Topliss-reactive ketones (excluding diaryl/α,β-unsaturated/α-hetero) is 1. The van der Waals surface area contributed by atoms with E-state index >= 15 is 0 Å². The average molecular weight is 335 g/mol. The second-order valence-electron chi connectivity index (χ2n) is 5.75. The smallest absolute Gasteiger partial charge is 0.339 e. The number of ether oxygens (including phenoxy) is 1. The van der Waals surface area contributed by atoms with E-state index in [9.17, 15) is 19.2 Å². The van der Waals surface area contributed by atoms with E-state index in [0.29, 0.717) is 23.2 Å². The van der Waals surface area contributed by atoms with E-state index in [-0.39, 0.29) is 12.2 Å². The molecule has 1 aliphatic rings. The highest BCUT2D eigenvalue weighted by Crippen LogP contribution is 2.20. The summed E-state index contributed by atoms with van der Waals surface area (Å²) in [6.45, 7) is 4.81. The Morgan fingerprint density at radius 2 is 1.92 bits per heavy atom. The van der Waals surface area contributed by atoms with Crippen LogP contribution in [0.5, 0.6) is 0 Å². The van der Waals surface area contributed by atoms with Gasteiger partial charge in [0.15, 0.2) is 5.78 Å². The van der Waals surface area contributed by atoms with Gasteiger partial charge in [0.05, 0.1) is 24.9 Å². The first kappa shape index (κ1) is 17.7. The molecule has 0 spiro atoms. The molecule has 1 saturated heterocycles. The van der Waals surface area contributed by atoms with Crippen molar-refractivity contribution in [3.8, 4) is 0 Å². The van der Waals surface area contributed by atoms with Gasteiger partial charge < -0.3 is 15.0 Å². The molecule has 8 nitrogen and oxygen atoms in total. The fraction of sp³-hybridized carbons (Fsp3) is 0.500. The first-order chi connectivity index (χ1) is 11.3. The van der Waals surface area contributed by atoms with Crippen molar-refractivity contribution in [2.75, 3.05) is 13.7 Å². The van der Waals surface area contributed by atoms with Crippen LogP contribution in [0.25, 0.3) is 0 Å². The number of H-pyrrole nitrogens is 1. The Labute approximate surface area is 139 Å². The van der Waals surface area contributed by atoms with Gasteiger partial charge in [0.2, 0.25) is 0 Å². The Morgan fingerprint density at radius 1 is 1.25 bits per heavy atom. The van der Waals surface area contributed by atoms with E-state index in [4.69, 9.17) is 4.74 Å². The van der Waals surface area contributed by atoms with Crippen molar-refractivity contribution in [2.24, 2.45) is 0 Å². The van der Waals surface area contributed by atoms with Crippen molar-refractivity contribution in [1.29, 1.82) is 0 Å². The van der Waals surface area contributed by atoms with E-state index in [2.05, 4.69) is 10.3 Å². The van der Waals surface area contributed by atoms with Crippen LogP contribution < -0.4 is 5.32 Å². The predicted molar refractivity (Wildman–Crippen MR) is 84.9 cm³/mol. The SMILES string of the molecule is CCCC1NC(=O)N(CC(=O)c2[nH]c(C)c(C(=O)OC)c2C)C1=O. The number of esters is 1. The number of amides is 3. The van der Waals surface area contributed by atoms with Crippen LogP contribution in [0.2, 0.25) is 0 Å². The lowest BCUT2D eigenvalue weighted by atomic mass is 10.1. The third-order valence-corrected chi connectivity index (χ3v) is 4.09. The zero-order valence-corrected chi connectivity index (χ0v) is 14.2. The number of ketones is 1. The van der Waals surface area contributed by atoms with E-state index < -0.39 is 29.7 Å². The summed E-state index contributed by atoms with van der Waals surface area (Å²) in [4.78, 5) is 52.1. The Kier molecular flexibility index (Phi) is 5.06. The average Bonchev–Trinajstić information content (AvgIpc) is 2.98. The van der Waals surface area contributed by atoms with Crippen LogP contribution in [0.4, 0.5) is 4.79 Å². The molecule has 0 radical (unpaired) electrons. The van der Waals surface area contributed by atoms with Gasteiger partial charge in [-0.3, -0.25) is 14.5 Å². The molecular formula is C16H21N3O5. The molecule has 2 heterocycles. The van der Waals surface area contributed by atoms with Crippen LogP contribution in [-0.4, -0.2) is 53.3 Å². The zero-order valence-electron chi connectivity index (χ0n) is 14.2. The fourth-order valence-electron chi connectivity index (χ4n) is 2.87. The number of methoxy groups -OCH3 is 1. The van der Waals surface area contributed by atoms with Crippen molar-refractivity contribution in [2.45, 2.75) is 39.7 Å². The van der Waals surface area contributed by atoms with E-state index in [1.165, 1.54) is 7.11 Å². The number of nitrogens with zero attached hydrogens (tertiary/aromatic N) is 1. The fourth-order valence-corrected chi connectivity index (χ4v) is 2.87. The highest BCUT2D eigenvalue weighted by molar-refractivity contribution is 6.10. The summed E-state index contributed by atoms with van der Waals surface area (Å²) in [6, 6.07) is -1.15. The number of aryl methyl sites for hydroxylation is 1. The maximum atomic E-state index is 12.5. The predicted octanol–water partition coefficient (Wildman–Crippen LogP) is 1.32. The topological polar surface area (TPSA) is 109 Å². The van der Waals surface area contributed by atoms with Crippen LogP contribution >= 0.6 is 0 Å². The number of carbonyl (C=O) groups excluding carboxylic acids is 4. The van der Waals surface area contributed by atoms with Gasteiger partial charge in [-0.15, -0.1) is 0 Å². The standard InChI is InChI=1S/C16H21N3O5/c1-5-6-10-14(21)19(16(23)18-10)7-11(20)13-8(2)12(9(3)17-13)15(22)24-4/h10,17H,5-7H2,1-4H3,(H,18,23). The van der Waals surface area contributed by atoms with Crippen LogP contribution in [0.15, 0.2) is 0 Å². The largest absolute Gasteiger partial charge is 0.465 e. The number of rotatable bonds is 6. The number of carbonyl (C=O) groups is 4. The molecular weight excluding hydrogens is 314 g/mol. The highest BCUT2D eigenvalue weighted by atomic mass is 16.5. The summed E-state index contributed by atoms with van der Waals surface area (Å²) >= 11 is 0.